The third-order valence-corrected chi connectivity index (χ3v) is 5.28. The summed E-state index contributed by atoms with van der Waals surface area (Å²) in [6, 6.07) is 7.99. The number of rotatable bonds is 3. The van der Waals surface area contributed by atoms with Crippen LogP contribution in [0.25, 0.3) is 11.4 Å². The van der Waals surface area contributed by atoms with Crippen molar-refractivity contribution in [1.29, 1.82) is 0 Å². The van der Waals surface area contributed by atoms with E-state index >= 15 is 0 Å². The minimum Gasteiger partial charge on any atom is -0.208 e. The van der Waals surface area contributed by atoms with Crippen LogP contribution in [-0.4, -0.2) is 9.36 Å². The van der Waals surface area contributed by atoms with Crippen LogP contribution in [0.4, 0.5) is 26.3 Å². The molecule has 142 valence electrons. The molecule has 11 heteroatoms. The Hall–Kier alpha value is -1.78. The zero-order valence-electron chi connectivity index (χ0n) is 12.9. The molecular formula is C16H7ClF6N2S2. The van der Waals surface area contributed by atoms with Crippen molar-refractivity contribution in [3.8, 4) is 11.4 Å². The van der Waals surface area contributed by atoms with Gasteiger partial charge in [0.2, 0.25) is 0 Å². The van der Waals surface area contributed by atoms with Gasteiger partial charge in [0.15, 0.2) is 10.2 Å². The first-order valence-electron chi connectivity index (χ1n) is 7.09. The van der Waals surface area contributed by atoms with Crippen molar-refractivity contribution in [2.45, 2.75) is 21.6 Å². The Kier molecular flexibility index (Phi) is 5.42. The first-order chi connectivity index (χ1) is 12.5. The van der Waals surface area contributed by atoms with Crippen LogP contribution in [0, 0.1) is 0 Å². The predicted octanol–water partition coefficient (Wildman–Crippen LogP) is 7.05. The first-order valence-corrected chi connectivity index (χ1v) is 9.06. The van der Waals surface area contributed by atoms with E-state index in [1.54, 1.807) is 24.3 Å². The number of hydrogen-bond acceptors (Lipinski definition) is 4. The van der Waals surface area contributed by atoms with Crippen LogP contribution in [0.5, 0.6) is 0 Å². The normalized spacial score (nSPS) is 12.4. The molecule has 0 radical (unpaired) electrons. The Morgan fingerprint density at radius 2 is 1.41 bits per heavy atom. The van der Waals surface area contributed by atoms with E-state index in [-0.39, 0.29) is 17.5 Å². The average Bonchev–Trinajstić information content (AvgIpc) is 3.03. The molecule has 1 aromatic heterocycles. The molecule has 0 spiro atoms. The van der Waals surface area contributed by atoms with Crippen LogP contribution >= 0.6 is 34.9 Å². The van der Waals surface area contributed by atoms with E-state index < -0.39 is 23.5 Å². The summed E-state index contributed by atoms with van der Waals surface area (Å²) in [5.41, 5.74) is -3.17. The van der Waals surface area contributed by atoms with E-state index in [0.29, 0.717) is 21.5 Å². The van der Waals surface area contributed by atoms with Gasteiger partial charge in [-0.3, -0.25) is 0 Å². The molecule has 0 N–H and O–H groups in total. The maximum absolute atomic E-state index is 13.0. The van der Waals surface area contributed by atoms with Crippen molar-refractivity contribution in [2.24, 2.45) is 0 Å². The fourth-order valence-corrected chi connectivity index (χ4v) is 3.78. The van der Waals surface area contributed by atoms with E-state index in [1.807, 2.05) is 0 Å². The largest absolute Gasteiger partial charge is 0.416 e. The van der Waals surface area contributed by atoms with E-state index in [2.05, 4.69) is 9.36 Å². The summed E-state index contributed by atoms with van der Waals surface area (Å²) < 4.78 is 82.0. The predicted molar refractivity (Wildman–Crippen MR) is 90.9 cm³/mol. The van der Waals surface area contributed by atoms with Crippen molar-refractivity contribution in [2.75, 3.05) is 0 Å². The van der Waals surface area contributed by atoms with Gasteiger partial charge in [-0.15, -0.1) is 0 Å². The summed E-state index contributed by atoms with van der Waals surface area (Å²) in [4.78, 5) is 4.80. The molecule has 0 aliphatic heterocycles. The highest BCUT2D eigenvalue weighted by Crippen LogP contribution is 2.39. The SMILES string of the molecule is FC(F)(F)c1cc(-c2nsc(Sc3ccc(Cl)cc3)n2)cc(C(F)(F)F)c1. The molecule has 0 atom stereocenters. The second kappa shape index (κ2) is 7.33. The molecule has 0 aliphatic carbocycles. The molecule has 0 amide bonds. The van der Waals surface area contributed by atoms with Gasteiger partial charge in [0.1, 0.15) is 0 Å². The second-order valence-electron chi connectivity index (χ2n) is 5.23. The highest BCUT2D eigenvalue weighted by atomic mass is 35.5. The summed E-state index contributed by atoms with van der Waals surface area (Å²) in [6.07, 6.45) is -9.85. The Morgan fingerprint density at radius 1 is 0.852 bits per heavy atom. The number of halogens is 7. The summed E-state index contributed by atoms with van der Waals surface area (Å²) in [6.45, 7) is 0. The van der Waals surface area contributed by atoms with Crippen LogP contribution in [-0.2, 0) is 12.4 Å². The number of hydrogen-bond donors (Lipinski definition) is 0. The van der Waals surface area contributed by atoms with Crippen LogP contribution in [0.1, 0.15) is 11.1 Å². The summed E-state index contributed by atoms with van der Waals surface area (Å²) >= 11 is 7.83. The highest BCUT2D eigenvalue weighted by molar-refractivity contribution is 8.01. The highest BCUT2D eigenvalue weighted by Gasteiger charge is 2.37. The number of benzene rings is 2. The van der Waals surface area contributed by atoms with Gasteiger partial charge in [0.05, 0.1) is 11.1 Å². The Morgan fingerprint density at radius 3 is 1.93 bits per heavy atom. The van der Waals surface area contributed by atoms with Gasteiger partial charge in [0.25, 0.3) is 0 Å². The average molecular weight is 441 g/mol. The smallest absolute Gasteiger partial charge is 0.208 e. The van der Waals surface area contributed by atoms with Gasteiger partial charge in [-0.1, -0.05) is 23.4 Å². The van der Waals surface area contributed by atoms with Crippen molar-refractivity contribution in [3.63, 3.8) is 0 Å². The van der Waals surface area contributed by atoms with Crippen LogP contribution in [0.3, 0.4) is 0 Å². The molecule has 0 unspecified atom stereocenters. The van der Waals surface area contributed by atoms with Gasteiger partial charge in [-0.05, 0) is 54.0 Å². The second-order valence-corrected chi connectivity index (χ2v) is 7.74. The minimum absolute atomic E-state index is 0.0687. The van der Waals surface area contributed by atoms with Crippen molar-refractivity contribution < 1.29 is 26.3 Å². The van der Waals surface area contributed by atoms with Crippen LogP contribution < -0.4 is 0 Å². The molecule has 0 bridgehead atoms. The zero-order valence-corrected chi connectivity index (χ0v) is 15.3. The topological polar surface area (TPSA) is 25.8 Å². The lowest BCUT2D eigenvalue weighted by atomic mass is 10.0. The molecule has 2 nitrogen and oxygen atoms in total. The van der Waals surface area contributed by atoms with Crippen molar-refractivity contribution in [3.05, 3.63) is 58.6 Å². The monoisotopic (exact) mass is 440 g/mol. The van der Waals surface area contributed by atoms with Gasteiger partial charge < -0.3 is 0 Å². The molecule has 2 aromatic carbocycles. The molecule has 0 aliphatic rings. The molecule has 0 fully saturated rings. The number of aromatic nitrogens is 2. The minimum atomic E-state index is -4.92. The standard InChI is InChI=1S/C16H7ClF6N2S2/c17-11-1-3-12(4-2-11)26-14-24-13(25-27-14)8-5-9(15(18,19)20)7-10(6-8)16(21,22)23/h1-7H. The van der Waals surface area contributed by atoms with E-state index in [4.69, 9.17) is 11.6 Å². The molecule has 1 heterocycles. The number of nitrogens with zero attached hydrogens (tertiary/aromatic N) is 2. The van der Waals surface area contributed by atoms with Crippen molar-refractivity contribution >= 4 is 34.9 Å². The maximum Gasteiger partial charge on any atom is 0.416 e. The number of alkyl halides is 6. The Labute approximate surface area is 162 Å². The van der Waals surface area contributed by atoms with Crippen molar-refractivity contribution in [1.82, 2.24) is 9.36 Å². The molecule has 27 heavy (non-hydrogen) atoms. The quantitative estimate of drug-likeness (QED) is 0.408. The molecular weight excluding hydrogens is 434 g/mol. The van der Waals surface area contributed by atoms with E-state index in [9.17, 15) is 26.3 Å². The van der Waals surface area contributed by atoms with E-state index in [0.717, 1.165) is 16.4 Å². The Bertz CT molecular complexity index is 919. The summed E-state index contributed by atoms with van der Waals surface area (Å²) in [5.74, 6) is -0.201. The van der Waals surface area contributed by atoms with Gasteiger partial charge >= 0.3 is 12.4 Å². The fraction of sp³-hybridized carbons (Fsp3) is 0.125. The maximum atomic E-state index is 13.0. The summed E-state index contributed by atoms with van der Waals surface area (Å²) in [5, 5.41) is 0.529. The first kappa shape index (κ1) is 20.0. The third kappa shape index (κ3) is 4.94. The lowest BCUT2D eigenvalue weighted by Crippen LogP contribution is -2.11. The molecule has 0 saturated heterocycles. The lowest BCUT2D eigenvalue weighted by Gasteiger charge is -2.13. The summed E-state index contributed by atoms with van der Waals surface area (Å²) in [7, 11) is 0. The van der Waals surface area contributed by atoms with Crippen LogP contribution in [0.2, 0.25) is 5.02 Å². The Balaban J connectivity index is 1.96. The lowest BCUT2D eigenvalue weighted by molar-refractivity contribution is -0.143. The molecule has 3 aromatic rings. The van der Waals surface area contributed by atoms with Gasteiger partial charge in [-0.2, -0.15) is 30.7 Å². The van der Waals surface area contributed by atoms with E-state index in [1.165, 1.54) is 11.8 Å². The molecule has 0 saturated carbocycles. The van der Waals surface area contributed by atoms with Gasteiger partial charge in [0, 0.05) is 15.5 Å². The third-order valence-electron chi connectivity index (χ3n) is 3.27. The van der Waals surface area contributed by atoms with Gasteiger partial charge in [-0.25, -0.2) is 4.98 Å². The fourth-order valence-electron chi connectivity index (χ4n) is 2.06. The zero-order chi connectivity index (χ0) is 19.8. The molecule has 3 rings (SSSR count). The van der Waals surface area contributed by atoms with Crippen LogP contribution in [0.15, 0.2) is 51.7 Å².